The van der Waals surface area contributed by atoms with Gasteiger partial charge >= 0.3 is 0 Å². The lowest BCUT2D eigenvalue weighted by atomic mass is 10.0. The van der Waals surface area contributed by atoms with E-state index < -0.39 is 0 Å². The number of aromatic nitrogens is 2. The third kappa shape index (κ3) is 1.94. The first-order chi connectivity index (χ1) is 8.78. The molecule has 0 radical (unpaired) electrons. The van der Waals surface area contributed by atoms with Crippen molar-refractivity contribution in [2.75, 3.05) is 25.5 Å². The predicted octanol–water partition coefficient (Wildman–Crippen LogP) is 1.39. The van der Waals surface area contributed by atoms with Crippen molar-refractivity contribution in [2.45, 2.75) is 19.3 Å². The van der Waals surface area contributed by atoms with Gasteiger partial charge in [0.25, 0.3) is 5.91 Å². The number of fused-ring (bicyclic) bond motifs is 1. The highest BCUT2D eigenvalue weighted by molar-refractivity contribution is 5.92. The van der Waals surface area contributed by atoms with E-state index in [1.165, 1.54) is 19.3 Å². The van der Waals surface area contributed by atoms with Crippen LogP contribution >= 0.6 is 0 Å². The number of nitrogens with one attached hydrogen (secondary N) is 1. The van der Waals surface area contributed by atoms with E-state index in [1.807, 2.05) is 4.90 Å². The Kier molecular flexibility index (Phi) is 2.89. The monoisotopic (exact) mass is 246 g/mol. The maximum absolute atomic E-state index is 12.3. The van der Waals surface area contributed by atoms with Gasteiger partial charge in [-0.25, -0.2) is 4.98 Å². The topological polar surface area (TPSA) is 58.1 Å². The largest absolute Gasteiger partial charge is 0.372 e. The van der Waals surface area contributed by atoms with Gasteiger partial charge in [-0.05, 0) is 24.7 Å². The first-order valence-electron chi connectivity index (χ1n) is 6.57. The number of likely N-dealkylation sites (tertiary alicyclic amines) is 1. The second-order valence-corrected chi connectivity index (χ2v) is 5.20. The standard InChI is InChI=1S/C13H18N4O/c1-14-12-6-15-5-11(16-12)13(18)17-7-9-3-2-4-10(9)8-17/h5-6,9-10H,2-4,7-8H2,1H3,(H,14,16). The van der Waals surface area contributed by atoms with Crippen LogP contribution in [0.4, 0.5) is 5.82 Å². The lowest BCUT2D eigenvalue weighted by molar-refractivity contribution is 0.0774. The molecular formula is C13H18N4O. The molecule has 0 aromatic carbocycles. The van der Waals surface area contributed by atoms with Crippen molar-refractivity contribution < 1.29 is 4.79 Å². The number of amides is 1. The molecule has 2 heterocycles. The fourth-order valence-electron chi connectivity index (χ4n) is 3.15. The Balaban J connectivity index is 1.74. The van der Waals surface area contributed by atoms with Crippen LogP contribution < -0.4 is 5.32 Å². The van der Waals surface area contributed by atoms with Crippen LogP contribution in [-0.2, 0) is 0 Å². The molecule has 0 bridgehead atoms. The third-order valence-electron chi connectivity index (χ3n) is 4.12. The summed E-state index contributed by atoms with van der Waals surface area (Å²) in [7, 11) is 1.78. The van der Waals surface area contributed by atoms with Gasteiger partial charge in [0.05, 0.1) is 12.4 Å². The lowest BCUT2D eigenvalue weighted by Crippen LogP contribution is -2.30. The molecule has 3 rings (SSSR count). The quantitative estimate of drug-likeness (QED) is 0.856. The number of hydrogen-bond acceptors (Lipinski definition) is 4. The van der Waals surface area contributed by atoms with Crippen LogP contribution in [0.3, 0.4) is 0 Å². The maximum Gasteiger partial charge on any atom is 0.274 e. The molecule has 0 spiro atoms. The van der Waals surface area contributed by atoms with E-state index in [9.17, 15) is 4.79 Å². The van der Waals surface area contributed by atoms with E-state index in [-0.39, 0.29) is 5.91 Å². The number of anilines is 1. The van der Waals surface area contributed by atoms with E-state index in [1.54, 1.807) is 19.4 Å². The summed E-state index contributed by atoms with van der Waals surface area (Å²) in [6, 6.07) is 0. The molecule has 96 valence electrons. The summed E-state index contributed by atoms with van der Waals surface area (Å²) in [5.41, 5.74) is 0.446. The van der Waals surface area contributed by atoms with E-state index in [2.05, 4.69) is 15.3 Å². The molecule has 18 heavy (non-hydrogen) atoms. The average molecular weight is 246 g/mol. The minimum Gasteiger partial charge on any atom is -0.372 e. The highest BCUT2D eigenvalue weighted by Crippen LogP contribution is 2.38. The first kappa shape index (κ1) is 11.4. The Bertz CT molecular complexity index is 450. The summed E-state index contributed by atoms with van der Waals surface area (Å²) >= 11 is 0. The van der Waals surface area contributed by atoms with Crippen molar-refractivity contribution >= 4 is 11.7 Å². The highest BCUT2D eigenvalue weighted by atomic mass is 16.2. The van der Waals surface area contributed by atoms with E-state index in [0.717, 1.165) is 24.9 Å². The van der Waals surface area contributed by atoms with Gasteiger partial charge in [0.1, 0.15) is 11.5 Å². The average Bonchev–Trinajstić information content (AvgIpc) is 2.98. The first-order valence-corrected chi connectivity index (χ1v) is 6.57. The second-order valence-electron chi connectivity index (χ2n) is 5.20. The zero-order valence-electron chi connectivity index (χ0n) is 10.6. The van der Waals surface area contributed by atoms with Crippen molar-refractivity contribution in [3.63, 3.8) is 0 Å². The molecule has 1 aromatic heterocycles. The summed E-state index contributed by atoms with van der Waals surface area (Å²) in [5, 5.41) is 2.91. The zero-order valence-corrected chi connectivity index (χ0v) is 10.6. The van der Waals surface area contributed by atoms with Gasteiger partial charge in [-0.2, -0.15) is 0 Å². The van der Waals surface area contributed by atoms with Gasteiger partial charge < -0.3 is 10.2 Å². The van der Waals surface area contributed by atoms with Gasteiger partial charge in [-0.3, -0.25) is 9.78 Å². The Labute approximate surface area is 107 Å². The molecule has 1 N–H and O–H groups in total. The van der Waals surface area contributed by atoms with Crippen LogP contribution in [0.25, 0.3) is 0 Å². The molecule has 1 aliphatic carbocycles. The molecule has 2 unspecified atom stereocenters. The molecule has 2 fully saturated rings. The van der Waals surface area contributed by atoms with Crippen LogP contribution in [0.15, 0.2) is 12.4 Å². The van der Waals surface area contributed by atoms with Gasteiger partial charge in [-0.15, -0.1) is 0 Å². The van der Waals surface area contributed by atoms with Crippen LogP contribution in [0, 0.1) is 11.8 Å². The molecule has 1 aromatic rings. The molecule has 1 saturated carbocycles. The van der Waals surface area contributed by atoms with E-state index in [4.69, 9.17) is 0 Å². The van der Waals surface area contributed by atoms with Crippen molar-refractivity contribution in [3.05, 3.63) is 18.1 Å². The molecule has 1 amide bonds. The van der Waals surface area contributed by atoms with Crippen LogP contribution in [0.2, 0.25) is 0 Å². The third-order valence-corrected chi connectivity index (χ3v) is 4.12. The fourth-order valence-corrected chi connectivity index (χ4v) is 3.15. The SMILES string of the molecule is CNc1cncc(C(=O)N2CC3CCCC3C2)n1. The lowest BCUT2D eigenvalue weighted by Gasteiger charge is -2.16. The molecule has 5 heteroatoms. The number of rotatable bonds is 2. The number of hydrogen-bond donors (Lipinski definition) is 1. The van der Waals surface area contributed by atoms with Crippen molar-refractivity contribution in [2.24, 2.45) is 11.8 Å². The van der Waals surface area contributed by atoms with Gasteiger partial charge in [0.15, 0.2) is 0 Å². The summed E-state index contributed by atoms with van der Waals surface area (Å²) in [6.07, 6.45) is 7.05. The minimum absolute atomic E-state index is 0.0222. The Morgan fingerprint density at radius 1 is 1.33 bits per heavy atom. The molecule has 2 atom stereocenters. The number of carbonyl (C=O) groups is 1. The summed E-state index contributed by atoms with van der Waals surface area (Å²) in [5.74, 6) is 2.10. The van der Waals surface area contributed by atoms with Gasteiger partial charge in [0, 0.05) is 20.1 Å². The fraction of sp³-hybridized carbons (Fsp3) is 0.615. The van der Waals surface area contributed by atoms with Gasteiger partial charge in [-0.1, -0.05) is 6.42 Å². The summed E-state index contributed by atoms with van der Waals surface area (Å²) < 4.78 is 0. The summed E-state index contributed by atoms with van der Waals surface area (Å²) in [6.45, 7) is 1.80. The van der Waals surface area contributed by atoms with Gasteiger partial charge in [0.2, 0.25) is 0 Å². The zero-order chi connectivity index (χ0) is 12.5. The number of nitrogens with zero attached hydrogens (tertiary/aromatic N) is 3. The predicted molar refractivity (Wildman–Crippen MR) is 68.3 cm³/mol. The molecule has 1 saturated heterocycles. The summed E-state index contributed by atoms with van der Waals surface area (Å²) in [4.78, 5) is 22.6. The molecule has 1 aliphatic heterocycles. The normalized spacial score (nSPS) is 26.2. The molecule has 5 nitrogen and oxygen atoms in total. The minimum atomic E-state index is 0.0222. The van der Waals surface area contributed by atoms with Crippen molar-refractivity contribution in [1.82, 2.24) is 14.9 Å². The van der Waals surface area contributed by atoms with Crippen LogP contribution in [0.5, 0.6) is 0 Å². The van der Waals surface area contributed by atoms with Crippen molar-refractivity contribution in [3.8, 4) is 0 Å². The smallest absolute Gasteiger partial charge is 0.274 e. The second kappa shape index (κ2) is 4.55. The Hall–Kier alpha value is -1.65. The van der Waals surface area contributed by atoms with Crippen LogP contribution in [-0.4, -0.2) is 40.9 Å². The molecular weight excluding hydrogens is 228 g/mol. The highest BCUT2D eigenvalue weighted by Gasteiger charge is 2.38. The van der Waals surface area contributed by atoms with E-state index >= 15 is 0 Å². The van der Waals surface area contributed by atoms with Crippen molar-refractivity contribution in [1.29, 1.82) is 0 Å². The van der Waals surface area contributed by atoms with E-state index in [0.29, 0.717) is 11.5 Å². The van der Waals surface area contributed by atoms with Crippen LogP contribution in [0.1, 0.15) is 29.8 Å². The Morgan fingerprint density at radius 2 is 2.06 bits per heavy atom. The maximum atomic E-state index is 12.3. The Morgan fingerprint density at radius 3 is 2.72 bits per heavy atom. The number of carbonyl (C=O) groups excluding carboxylic acids is 1. The molecule has 2 aliphatic rings.